The number of rotatable bonds is 4. The Morgan fingerprint density at radius 1 is 1.69 bits per heavy atom. The van der Waals surface area contributed by atoms with Gasteiger partial charge >= 0.3 is 0 Å². The minimum Gasteiger partial charge on any atom is -0.390 e. The van der Waals surface area contributed by atoms with Crippen molar-refractivity contribution in [3.05, 3.63) is 0 Å². The summed E-state index contributed by atoms with van der Waals surface area (Å²) >= 11 is 0. The van der Waals surface area contributed by atoms with Crippen molar-refractivity contribution in [2.75, 3.05) is 26.7 Å². The van der Waals surface area contributed by atoms with Crippen molar-refractivity contribution >= 4 is 11.8 Å². The SMILES string of the molecule is CN1CC(C(=O)NCC(F)(F)CO)CC1=O. The first kappa shape index (κ1) is 12.8. The first-order chi connectivity index (χ1) is 7.35. The van der Waals surface area contributed by atoms with Crippen LogP contribution in [0.2, 0.25) is 0 Å². The lowest BCUT2D eigenvalue weighted by atomic mass is 10.1. The maximum atomic E-state index is 12.6. The molecule has 5 nitrogen and oxygen atoms in total. The number of halogens is 2. The maximum Gasteiger partial charge on any atom is 0.287 e. The van der Waals surface area contributed by atoms with Crippen LogP contribution in [0.1, 0.15) is 6.42 Å². The molecule has 0 radical (unpaired) electrons. The van der Waals surface area contributed by atoms with E-state index in [2.05, 4.69) is 0 Å². The summed E-state index contributed by atoms with van der Waals surface area (Å²) in [5, 5.41) is 10.3. The van der Waals surface area contributed by atoms with Crippen LogP contribution in [0.5, 0.6) is 0 Å². The Morgan fingerprint density at radius 3 is 2.75 bits per heavy atom. The van der Waals surface area contributed by atoms with Gasteiger partial charge in [-0.2, -0.15) is 0 Å². The summed E-state index contributed by atoms with van der Waals surface area (Å²) in [5.74, 6) is -4.64. The van der Waals surface area contributed by atoms with Gasteiger partial charge in [0.05, 0.1) is 12.5 Å². The fraction of sp³-hybridized carbons (Fsp3) is 0.778. The quantitative estimate of drug-likeness (QED) is 0.672. The molecule has 0 aliphatic carbocycles. The predicted molar refractivity (Wildman–Crippen MR) is 50.8 cm³/mol. The van der Waals surface area contributed by atoms with Crippen LogP contribution >= 0.6 is 0 Å². The number of hydrogen-bond donors (Lipinski definition) is 2. The van der Waals surface area contributed by atoms with E-state index in [0.29, 0.717) is 0 Å². The van der Waals surface area contributed by atoms with Crippen molar-refractivity contribution in [2.45, 2.75) is 12.3 Å². The zero-order valence-corrected chi connectivity index (χ0v) is 8.87. The Kier molecular flexibility index (Phi) is 3.79. The predicted octanol–water partition coefficient (Wildman–Crippen LogP) is -0.792. The fourth-order valence-electron chi connectivity index (χ4n) is 1.46. The number of aliphatic hydroxyl groups excluding tert-OH is 1. The molecule has 1 atom stereocenters. The summed E-state index contributed by atoms with van der Waals surface area (Å²) < 4.78 is 25.2. The average molecular weight is 236 g/mol. The molecule has 92 valence electrons. The number of nitrogens with one attached hydrogen (secondary N) is 1. The zero-order valence-electron chi connectivity index (χ0n) is 8.87. The topological polar surface area (TPSA) is 69.6 Å². The minimum absolute atomic E-state index is 0.0486. The molecule has 1 saturated heterocycles. The van der Waals surface area contributed by atoms with E-state index >= 15 is 0 Å². The standard InChI is InChI=1S/C9H14F2N2O3/c1-13-3-6(2-7(13)15)8(16)12-4-9(10,11)5-14/h6,14H,2-5H2,1H3,(H,12,16). The van der Waals surface area contributed by atoms with Gasteiger partial charge in [0.1, 0.15) is 6.61 Å². The van der Waals surface area contributed by atoms with Gasteiger partial charge in [-0.25, -0.2) is 8.78 Å². The van der Waals surface area contributed by atoms with Crippen LogP contribution < -0.4 is 5.32 Å². The van der Waals surface area contributed by atoms with Crippen molar-refractivity contribution in [2.24, 2.45) is 5.92 Å². The van der Waals surface area contributed by atoms with E-state index in [4.69, 9.17) is 5.11 Å². The van der Waals surface area contributed by atoms with E-state index in [1.165, 1.54) is 4.90 Å². The number of alkyl halides is 2. The summed E-state index contributed by atoms with van der Waals surface area (Å²) in [5.41, 5.74) is 0. The van der Waals surface area contributed by atoms with Crippen molar-refractivity contribution < 1.29 is 23.5 Å². The number of hydrogen-bond acceptors (Lipinski definition) is 3. The molecule has 0 bridgehead atoms. The lowest BCUT2D eigenvalue weighted by Gasteiger charge is -2.16. The van der Waals surface area contributed by atoms with Crippen LogP contribution in [0.3, 0.4) is 0 Å². The number of nitrogens with zero attached hydrogens (tertiary/aromatic N) is 1. The van der Waals surface area contributed by atoms with Gasteiger partial charge in [-0.05, 0) is 0 Å². The molecule has 2 N–H and O–H groups in total. The third kappa shape index (κ3) is 3.13. The molecule has 7 heteroatoms. The van der Waals surface area contributed by atoms with Crippen molar-refractivity contribution in [3.8, 4) is 0 Å². The summed E-state index contributed by atoms with van der Waals surface area (Å²) in [4.78, 5) is 23.9. The maximum absolute atomic E-state index is 12.6. The van der Waals surface area contributed by atoms with Gasteiger partial charge in [-0.15, -0.1) is 0 Å². The normalized spacial score (nSPS) is 21.4. The van der Waals surface area contributed by atoms with E-state index in [9.17, 15) is 18.4 Å². The molecule has 0 aromatic heterocycles. The third-order valence-corrected chi connectivity index (χ3v) is 2.46. The molecule has 1 heterocycles. The number of carbonyl (C=O) groups is 2. The molecule has 1 aliphatic heterocycles. The number of carbonyl (C=O) groups excluding carboxylic acids is 2. The highest BCUT2D eigenvalue weighted by Gasteiger charge is 2.34. The van der Waals surface area contributed by atoms with E-state index in [0.717, 1.165) is 0 Å². The van der Waals surface area contributed by atoms with E-state index in [-0.39, 0.29) is 18.9 Å². The summed E-state index contributed by atoms with van der Waals surface area (Å²) in [7, 11) is 1.55. The highest BCUT2D eigenvalue weighted by Crippen LogP contribution is 2.16. The van der Waals surface area contributed by atoms with Crippen LogP contribution in [0.15, 0.2) is 0 Å². The Balaban J connectivity index is 2.40. The van der Waals surface area contributed by atoms with Crippen LogP contribution in [0.4, 0.5) is 8.78 Å². The molecule has 2 amide bonds. The van der Waals surface area contributed by atoms with Crippen LogP contribution in [-0.2, 0) is 9.59 Å². The highest BCUT2D eigenvalue weighted by atomic mass is 19.3. The molecule has 0 saturated carbocycles. The second-order valence-corrected chi connectivity index (χ2v) is 3.91. The Bertz CT molecular complexity index is 296. The molecule has 0 aromatic carbocycles. The molecular formula is C9H14F2N2O3. The molecule has 16 heavy (non-hydrogen) atoms. The molecular weight excluding hydrogens is 222 g/mol. The van der Waals surface area contributed by atoms with Crippen molar-refractivity contribution in [3.63, 3.8) is 0 Å². The largest absolute Gasteiger partial charge is 0.390 e. The van der Waals surface area contributed by atoms with E-state index in [1.54, 1.807) is 7.05 Å². The smallest absolute Gasteiger partial charge is 0.287 e. The Labute approximate surface area is 91.4 Å². The van der Waals surface area contributed by atoms with Crippen LogP contribution in [0.25, 0.3) is 0 Å². The van der Waals surface area contributed by atoms with Gasteiger partial charge in [0.2, 0.25) is 11.8 Å². The van der Waals surface area contributed by atoms with E-state index < -0.39 is 30.9 Å². The number of aliphatic hydroxyl groups is 1. The van der Waals surface area contributed by atoms with Gasteiger partial charge in [-0.1, -0.05) is 0 Å². The van der Waals surface area contributed by atoms with E-state index in [1.807, 2.05) is 5.32 Å². The Hall–Kier alpha value is -1.24. The zero-order chi connectivity index (χ0) is 12.3. The van der Waals surface area contributed by atoms with Crippen LogP contribution in [0, 0.1) is 5.92 Å². The first-order valence-electron chi connectivity index (χ1n) is 4.86. The lowest BCUT2D eigenvalue weighted by Crippen LogP contribution is -2.42. The molecule has 0 aromatic rings. The van der Waals surface area contributed by atoms with Crippen LogP contribution in [-0.4, -0.2) is 54.5 Å². The molecule has 1 fully saturated rings. The summed E-state index contributed by atoms with van der Waals surface area (Å²) in [6, 6.07) is 0. The summed E-state index contributed by atoms with van der Waals surface area (Å²) in [6.45, 7) is -1.97. The minimum atomic E-state index is -3.32. The fourth-order valence-corrected chi connectivity index (χ4v) is 1.46. The number of likely N-dealkylation sites (tertiary alicyclic amines) is 1. The molecule has 1 rings (SSSR count). The first-order valence-corrected chi connectivity index (χ1v) is 4.86. The lowest BCUT2D eigenvalue weighted by molar-refractivity contribution is -0.129. The molecule has 0 spiro atoms. The van der Waals surface area contributed by atoms with Gasteiger partial charge in [0.15, 0.2) is 0 Å². The number of amides is 2. The monoisotopic (exact) mass is 236 g/mol. The molecule has 1 unspecified atom stereocenters. The third-order valence-electron chi connectivity index (χ3n) is 2.46. The van der Waals surface area contributed by atoms with Gasteiger partial charge in [-0.3, -0.25) is 9.59 Å². The highest BCUT2D eigenvalue weighted by molar-refractivity contribution is 5.89. The second-order valence-electron chi connectivity index (χ2n) is 3.91. The van der Waals surface area contributed by atoms with Crippen molar-refractivity contribution in [1.29, 1.82) is 0 Å². The van der Waals surface area contributed by atoms with Gasteiger partial charge < -0.3 is 15.3 Å². The van der Waals surface area contributed by atoms with Gasteiger partial charge in [0.25, 0.3) is 5.92 Å². The Morgan fingerprint density at radius 2 is 2.31 bits per heavy atom. The second kappa shape index (κ2) is 4.73. The average Bonchev–Trinajstić information content (AvgIpc) is 2.56. The van der Waals surface area contributed by atoms with Crippen molar-refractivity contribution in [1.82, 2.24) is 10.2 Å². The summed E-state index contributed by atoms with van der Waals surface area (Å²) in [6.07, 6.45) is 0.0486. The van der Waals surface area contributed by atoms with Gasteiger partial charge in [0, 0.05) is 20.0 Å². The molecule has 1 aliphatic rings.